The van der Waals surface area contributed by atoms with Crippen molar-refractivity contribution in [2.45, 2.75) is 51.4 Å². The van der Waals surface area contributed by atoms with Crippen LogP contribution >= 0.6 is 11.6 Å². The second-order valence-corrected chi connectivity index (χ2v) is 9.38. The fraction of sp³-hybridized carbons (Fsp3) is 0.400. The molecule has 182 valence electrons. The third-order valence-corrected chi connectivity index (χ3v) is 6.49. The summed E-state index contributed by atoms with van der Waals surface area (Å²) >= 11 is 6.16. The van der Waals surface area contributed by atoms with E-state index in [2.05, 4.69) is 5.32 Å². The van der Waals surface area contributed by atoms with Crippen LogP contribution in [0.2, 0.25) is 5.02 Å². The predicted molar refractivity (Wildman–Crippen MR) is 131 cm³/mol. The number of hydrogen-bond donors (Lipinski definition) is 3. The van der Waals surface area contributed by atoms with Gasteiger partial charge in [-0.15, -0.1) is 0 Å². The Morgan fingerprint density at radius 2 is 1.88 bits per heavy atom. The van der Waals surface area contributed by atoms with Gasteiger partial charge in [0, 0.05) is 23.8 Å². The average Bonchev–Trinajstić information content (AvgIpc) is 3.26. The number of nitrogens with two attached hydrogens (primary N) is 1. The Morgan fingerprint density at radius 1 is 1.18 bits per heavy atom. The van der Waals surface area contributed by atoms with E-state index in [1.807, 2.05) is 23.1 Å². The number of rotatable bonds is 9. The number of para-hydroxylation sites is 1. The Morgan fingerprint density at radius 3 is 2.53 bits per heavy atom. The molecule has 4 N–H and O–H groups in total. The van der Waals surface area contributed by atoms with Crippen molar-refractivity contribution in [2.24, 2.45) is 5.73 Å². The Bertz CT molecular complexity index is 1040. The van der Waals surface area contributed by atoms with Crippen LogP contribution < -0.4 is 16.0 Å². The van der Waals surface area contributed by atoms with E-state index in [9.17, 15) is 19.5 Å². The SMILES string of the molecule is CC(C)(C(=O)O)N(CC(=O)NC(=O)[C@@H]1CCCN1Cc1cc(Cl)ccc1CN)c1ccccc1. The van der Waals surface area contributed by atoms with E-state index in [1.54, 1.807) is 30.3 Å². The molecule has 0 bridgehead atoms. The van der Waals surface area contributed by atoms with E-state index >= 15 is 0 Å². The third kappa shape index (κ3) is 5.94. The maximum absolute atomic E-state index is 13.0. The molecule has 0 spiro atoms. The van der Waals surface area contributed by atoms with Gasteiger partial charge in [0.2, 0.25) is 11.8 Å². The zero-order valence-electron chi connectivity index (χ0n) is 19.5. The van der Waals surface area contributed by atoms with Crippen molar-refractivity contribution < 1.29 is 19.5 Å². The number of hydrogen-bond acceptors (Lipinski definition) is 6. The first-order chi connectivity index (χ1) is 16.1. The van der Waals surface area contributed by atoms with Gasteiger partial charge in [0.1, 0.15) is 5.54 Å². The first-order valence-corrected chi connectivity index (χ1v) is 11.6. The van der Waals surface area contributed by atoms with Gasteiger partial charge in [-0.2, -0.15) is 0 Å². The van der Waals surface area contributed by atoms with Gasteiger partial charge in [0.05, 0.1) is 12.6 Å². The molecule has 0 aromatic heterocycles. The Kier molecular flexibility index (Phi) is 8.30. The number of carbonyl (C=O) groups is 3. The van der Waals surface area contributed by atoms with Crippen molar-refractivity contribution in [3.63, 3.8) is 0 Å². The van der Waals surface area contributed by atoms with Crippen LogP contribution in [0, 0.1) is 0 Å². The zero-order valence-corrected chi connectivity index (χ0v) is 20.2. The van der Waals surface area contributed by atoms with Crippen LogP contribution in [0.3, 0.4) is 0 Å². The molecule has 2 amide bonds. The number of nitrogens with one attached hydrogen (secondary N) is 1. The van der Waals surface area contributed by atoms with E-state index in [0.29, 0.717) is 36.8 Å². The molecule has 3 rings (SSSR count). The lowest BCUT2D eigenvalue weighted by molar-refractivity contribution is -0.142. The number of amides is 2. The van der Waals surface area contributed by atoms with Crippen molar-refractivity contribution in [2.75, 3.05) is 18.0 Å². The van der Waals surface area contributed by atoms with Crippen LogP contribution in [0.5, 0.6) is 0 Å². The lowest BCUT2D eigenvalue weighted by Crippen LogP contribution is -2.55. The van der Waals surface area contributed by atoms with Gasteiger partial charge in [-0.25, -0.2) is 4.79 Å². The van der Waals surface area contributed by atoms with Crippen molar-refractivity contribution >= 4 is 35.1 Å². The molecule has 34 heavy (non-hydrogen) atoms. The molecule has 1 fully saturated rings. The van der Waals surface area contributed by atoms with Crippen LogP contribution in [-0.2, 0) is 27.5 Å². The van der Waals surface area contributed by atoms with Crippen LogP contribution in [0.25, 0.3) is 0 Å². The quantitative estimate of drug-likeness (QED) is 0.499. The number of likely N-dealkylation sites (tertiary alicyclic amines) is 1. The summed E-state index contributed by atoms with van der Waals surface area (Å²) in [6.07, 6.45) is 1.45. The Hall–Kier alpha value is -2.94. The largest absolute Gasteiger partial charge is 0.480 e. The first kappa shape index (κ1) is 25.7. The Labute approximate surface area is 204 Å². The second kappa shape index (κ2) is 11.0. The third-order valence-electron chi connectivity index (χ3n) is 6.26. The van der Waals surface area contributed by atoms with Crippen LogP contribution in [0.1, 0.15) is 37.8 Å². The standard InChI is InChI=1S/C25H31ClN4O4/c1-25(2,24(33)34)30(20-7-4-3-5-8-20)16-22(31)28-23(32)21-9-6-12-29(21)15-18-13-19(26)11-10-17(18)14-27/h3-5,7-8,10-11,13,21H,6,9,12,14-16,27H2,1-2H3,(H,33,34)(H,28,31,32)/t21-/m0/s1. The highest BCUT2D eigenvalue weighted by molar-refractivity contribution is 6.30. The summed E-state index contributed by atoms with van der Waals surface area (Å²) in [5, 5.41) is 12.8. The smallest absolute Gasteiger partial charge is 0.328 e. The van der Waals surface area contributed by atoms with Gasteiger partial charge >= 0.3 is 5.97 Å². The van der Waals surface area contributed by atoms with Gasteiger partial charge in [0.15, 0.2) is 0 Å². The van der Waals surface area contributed by atoms with E-state index in [1.165, 1.54) is 18.7 Å². The molecule has 0 aliphatic carbocycles. The summed E-state index contributed by atoms with van der Waals surface area (Å²) < 4.78 is 0. The average molecular weight is 487 g/mol. The van der Waals surface area contributed by atoms with Crippen LogP contribution in [-0.4, -0.2) is 52.5 Å². The molecule has 2 aromatic rings. The Balaban J connectivity index is 1.70. The minimum absolute atomic E-state index is 0.270. The summed E-state index contributed by atoms with van der Waals surface area (Å²) in [6.45, 7) is 4.36. The van der Waals surface area contributed by atoms with Gasteiger partial charge < -0.3 is 15.7 Å². The maximum atomic E-state index is 13.0. The number of carboxylic acids is 1. The molecule has 1 heterocycles. The van der Waals surface area contributed by atoms with Crippen LogP contribution in [0.4, 0.5) is 5.69 Å². The van der Waals surface area contributed by atoms with E-state index in [4.69, 9.17) is 17.3 Å². The van der Waals surface area contributed by atoms with Gasteiger partial charge in [-0.3, -0.25) is 19.8 Å². The van der Waals surface area contributed by atoms with Gasteiger partial charge in [-0.1, -0.05) is 35.9 Å². The van der Waals surface area contributed by atoms with Gasteiger partial charge in [-0.05, 0) is 68.6 Å². The van der Waals surface area contributed by atoms with Gasteiger partial charge in [0.25, 0.3) is 0 Å². The molecule has 1 aliphatic rings. The number of anilines is 1. The number of carbonyl (C=O) groups excluding carboxylic acids is 2. The maximum Gasteiger partial charge on any atom is 0.328 e. The van der Waals surface area contributed by atoms with Crippen molar-refractivity contribution in [3.8, 4) is 0 Å². The number of nitrogens with zero attached hydrogens (tertiary/aromatic N) is 2. The summed E-state index contributed by atoms with van der Waals surface area (Å²) in [6, 6.07) is 13.9. The molecule has 1 atom stereocenters. The highest BCUT2D eigenvalue weighted by Gasteiger charge is 2.37. The molecule has 2 aromatic carbocycles. The van der Waals surface area contributed by atoms with Crippen molar-refractivity contribution in [1.82, 2.24) is 10.2 Å². The molecular formula is C25H31ClN4O4. The monoisotopic (exact) mass is 486 g/mol. The summed E-state index contributed by atoms with van der Waals surface area (Å²) in [5.74, 6) is -2.02. The molecule has 9 heteroatoms. The number of benzene rings is 2. The molecular weight excluding hydrogens is 456 g/mol. The van der Waals surface area contributed by atoms with E-state index in [0.717, 1.165) is 17.5 Å². The lowest BCUT2D eigenvalue weighted by Gasteiger charge is -2.36. The normalized spacial score (nSPS) is 16.3. The fourth-order valence-corrected chi connectivity index (χ4v) is 4.41. The number of carboxylic acid groups (broad SMARTS) is 1. The molecule has 0 unspecified atom stereocenters. The zero-order chi connectivity index (χ0) is 24.9. The summed E-state index contributed by atoms with van der Waals surface area (Å²) in [4.78, 5) is 41.2. The number of imide groups is 1. The van der Waals surface area contributed by atoms with E-state index in [-0.39, 0.29) is 12.5 Å². The minimum atomic E-state index is -1.35. The predicted octanol–water partition coefficient (Wildman–Crippen LogP) is 2.78. The van der Waals surface area contributed by atoms with Crippen molar-refractivity contribution in [1.29, 1.82) is 0 Å². The minimum Gasteiger partial charge on any atom is -0.480 e. The first-order valence-electron chi connectivity index (χ1n) is 11.2. The second-order valence-electron chi connectivity index (χ2n) is 8.94. The summed E-state index contributed by atoms with van der Waals surface area (Å²) in [7, 11) is 0. The topological polar surface area (TPSA) is 116 Å². The molecule has 1 aliphatic heterocycles. The lowest BCUT2D eigenvalue weighted by atomic mass is 10.0. The fourth-order valence-electron chi connectivity index (χ4n) is 4.21. The molecule has 8 nitrogen and oxygen atoms in total. The molecule has 0 saturated carbocycles. The molecule has 1 saturated heterocycles. The van der Waals surface area contributed by atoms with E-state index < -0.39 is 23.5 Å². The number of aliphatic carboxylic acids is 1. The van der Waals surface area contributed by atoms with Crippen LogP contribution in [0.15, 0.2) is 48.5 Å². The highest BCUT2D eigenvalue weighted by atomic mass is 35.5. The summed E-state index contributed by atoms with van der Waals surface area (Å²) in [5.41, 5.74) is 7.00. The molecule has 0 radical (unpaired) electrons. The number of halogens is 1. The highest BCUT2D eigenvalue weighted by Crippen LogP contribution is 2.25. The van der Waals surface area contributed by atoms with Crippen molar-refractivity contribution in [3.05, 3.63) is 64.7 Å².